The van der Waals surface area contributed by atoms with Crippen LogP contribution in [0.2, 0.25) is 0 Å². The molecule has 1 saturated heterocycles. The molecule has 2 N–H and O–H groups in total. The fourth-order valence-corrected chi connectivity index (χ4v) is 5.44. The third-order valence-corrected chi connectivity index (χ3v) is 7.60. The van der Waals surface area contributed by atoms with E-state index in [2.05, 4.69) is 16.7 Å². The van der Waals surface area contributed by atoms with Crippen molar-refractivity contribution < 1.29 is 33.4 Å². The van der Waals surface area contributed by atoms with Crippen LogP contribution in [-0.2, 0) is 36.8 Å². The first-order chi connectivity index (χ1) is 18.1. The maximum absolute atomic E-state index is 13.2. The molecule has 3 heterocycles. The summed E-state index contributed by atoms with van der Waals surface area (Å²) in [6.07, 6.45) is 2.26. The quantitative estimate of drug-likeness (QED) is 0.443. The smallest absolute Gasteiger partial charge is 0.407 e. The van der Waals surface area contributed by atoms with Gasteiger partial charge in [-0.05, 0) is 50.7 Å². The SMILES string of the molecule is CC(C)[C@@H]1NC(=O)OCCCCC(=O)N2CCc3cccc(c3C2)O[C@@H]2C[C@@H](C=O)NC2C(C)(C)OC1=O. The zero-order valence-electron chi connectivity index (χ0n) is 22.7. The zero-order chi connectivity index (χ0) is 27.4. The van der Waals surface area contributed by atoms with Gasteiger partial charge in [0.1, 0.15) is 29.8 Å². The highest BCUT2D eigenvalue weighted by molar-refractivity contribution is 5.82. The highest BCUT2D eigenvalue weighted by Crippen LogP contribution is 2.34. The van der Waals surface area contributed by atoms with Gasteiger partial charge in [0.25, 0.3) is 0 Å². The van der Waals surface area contributed by atoms with Gasteiger partial charge in [0.2, 0.25) is 5.91 Å². The van der Waals surface area contributed by atoms with Crippen molar-refractivity contribution >= 4 is 24.3 Å². The Kier molecular flexibility index (Phi) is 8.60. The van der Waals surface area contributed by atoms with Crippen LogP contribution in [0.1, 0.15) is 64.5 Å². The molecule has 1 fully saturated rings. The summed E-state index contributed by atoms with van der Waals surface area (Å²) in [5.74, 6) is -0.117. The molecule has 3 aliphatic heterocycles. The number of cyclic esters (lactones) is 2. The standard InChI is InChI=1S/C28H39N3O7/c1-17(2)24-26(34)38-28(3,4)25-22(14-19(16-32)29-25)37-21-9-7-8-18-11-12-31(15-20(18)21)23(33)10-5-6-13-36-27(35)30-24/h7-9,16-17,19,22,24-25,29H,5-6,10-15H2,1-4H3,(H,30,35)/t19-,22+,24-,25?/m0/s1. The molecule has 0 aliphatic carbocycles. The molecule has 0 saturated carbocycles. The maximum atomic E-state index is 13.2. The summed E-state index contributed by atoms with van der Waals surface area (Å²) in [4.78, 5) is 52.2. The number of fused-ring (bicyclic) bond motifs is 2. The van der Waals surface area contributed by atoms with E-state index < -0.39 is 41.9 Å². The Morgan fingerprint density at radius 3 is 2.66 bits per heavy atom. The summed E-state index contributed by atoms with van der Waals surface area (Å²) < 4.78 is 17.8. The van der Waals surface area contributed by atoms with E-state index in [-0.39, 0.29) is 18.4 Å². The van der Waals surface area contributed by atoms with Gasteiger partial charge in [-0.2, -0.15) is 0 Å². The van der Waals surface area contributed by atoms with Crippen LogP contribution in [-0.4, -0.2) is 72.1 Å². The maximum Gasteiger partial charge on any atom is 0.407 e. The van der Waals surface area contributed by atoms with Crippen molar-refractivity contribution in [2.45, 2.75) is 96.2 Å². The second-order valence-electron chi connectivity index (χ2n) is 11.2. The van der Waals surface area contributed by atoms with Gasteiger partial charge in [0.15, 0.2) is 0 Å². The first kappa shape index (κ1) is 27.9. The van der Waals surface area contributed by atoms with Crippen LogP contribution in [0.15, 0.2) is 18.2 Å². The first-order valence-corrected chi connectivity index (χ1v) is 13.5. The Labute approximate surface area is 223 Å². The number of esters is 1. The van der Waals surface area contributed by atoms with E-state index >= 15 is 0 Å². The number of nitrogens with one attached hydrogen (secondary N) is 2. The van der Waals surface area contributed by atoms with Crippen LogP contribution in [0.4, 0.5) is 4.79 Å². The number of alkyl carbamates (subject to hydrolysis) is 1. The molecule has 4 rings (SSSR count). The van der Waals surface area contributed by atoms with Crippen molar-refractivity contribution in [3.63, 3.8) is 0 Å². The van der Waals surface area contributed by atoms with Crippen molar-refractivity contribution in [1.82, 2.24) is 15.5 Å². The molecule has 10 nitrogen and oxygen atoms in total. The second-order valence-corrected chi connectivity index (χ2v) is 11.2. The van der Waals surface area contributed by atoms with E-state index in [1.54, 1.807) is 13.8 Å². The van der Waals surface area contributed by atoms with E-state index in [1.165, 1.54) is 0 Å². The number of benzene rings is 1. The predicted molar refractivity (Wildman–Crippen MR) is 139 cm³/mol. The van der Waals surface area contributed by atoms with E-state index in [0.29, 0.717) is 44.5 Å². The van der Waals surface area contributed by atoms with Crippen molar-refractivity contribution in [3.05, 3.63) is 29.3 Å². The molecule has 0 radical (unpaired) electrons. The zero-order valence-corrected chi connectivity index (χ0v) is 22.7. The minimum absolute atomic E-state index is 0.0502. The Balaban J connectivity index is 1.65. The Bertz CT molecular complexity index is 1060. The molecule has 1 aromatic rings. The number of hydrogen-bond donors (Lipinski definition) is 2. The summed E-state index contributed by atoms with van der Waals surface area (Å²) in [6.45, 7) is 8.38. The molecule has 1 unspecified atom stereocenters. The topological polar surface area (TPSA) is 123 Å². The van der Waals surface area contributed by atoms with Gasteiger partial charge in [0.05, 0.1) is 18.7 Å². The number of hydrogen-bond acceptors (Lipinski definition) is 8. The predicted octanol–water partition coefficient (Wildman–Crippen LogP) is 2.50. The lowest BCUT2D eigenvalue weighted by Gasteiger charge is -2.37. The van der Waals surface area contributed by atoms with Crippen molar-refractivity contribution in [3.8, 4) is 5.75 Å². The van der Waals surface area contributed by atoms with Crippen LogP contribution >= 0.6 is 0 Å². The Hall–Kier alpha value is -3.14. The van der Waals surface area contributed by atoms with E-state index in [9.17, 15) is 19.2 Å². The minimum Gasteiger partial charge on any atom is -0.488 e. The molecule has 4 atom stereocenters. The Morgan fingerprint density at radius 2 is 1.92 bits per heavy atom. The third-order valence-electron chi connectivity index (χ3n) is 7.60. The molecule has 3 aliphatic rings. The van der Waals surface area contributed by atoms with Crippen molar-refractivity contribution in [2.75, 3.05) is 13.2 Å². The fourth-order valence-electron chi connectivity index (χ4n) is 5.44. The first-order valence-electron chi connectivity index (χ1n) is 13.5. The number of rotatable bonds is 2. The van der Waals surface area contributed by atoms with Crippen LogP contribution in [0.5, 0.6) is 5.75 Å². The molecule has 38 heavy (non-hydrogen) atoms. The molecular weight excluding hydrogens is 490 g/mol. The molecule has 10 heteroatoms. The summed E-state index contributed by atoms with van der Waals surface area (Å²) in [7, 11) is 0. The monoisotopic (exact) mass is 529 g/mol. The molecule has 2 amide bonds. The van der Waals surface area contributed by atoms with Gasteiger partial charge in [-0.1, -0.05) is 26.0 Å². The highest BCUT2D eigenvalue weighted by atomic mass is 16.6. The van der Waals surface area contributed by atoms with Crippen molar-refractivity contribution in [1.29, 1.82) is 0 Å². The van der Waals surface area contributed by atoms with Crippen LogP contribution in [0.25, 0.3) is 0 Å². The average Bonchev–Trinajstić information content (AvgIpc) is 3.30. The van der Waals surface area contributed by atoms with Crippen molar-refractivity contribution in [2.24, 2.45) is 5.92 Å². The van der Waals surface area contributed by atoms with Crippen LogP contribution in [0, 0.1) is 5.92 Å². The molecule has 0 aromatic heterocycles. The number of ether oxygens (including phenoxy) is 3. The lowest BCUT2D eigenvalue weighted by atomic mass is 9.93. The van der Waals surface area contributed by atoms with Crippen LogP contribution in [0.3, 0.4) is 0 Å². The molecule has 0 spiro atoms. The van der Waals surface area contributed by atoms with E-state index in [1.807, 2.05) is 30.9 Å². The summed E-state index contributed by atoms with van der Waals surface area (Å²) in [5, 5.41) is 5.89. The van der Waals surface area contributed by atoms with Gasteiger partial charge < -0.3 is 29.2 Å². The number of aldehydes is 1. The molecule has 208 valence electrons. The lowest BCUT2D eigenvalue weighted by molar-refractivity contribution is -0.164. The fraction of sp³-hybridized carbons (Fsp3) is 0.643. The van der Waals surface area contributed by atoms with Gasteiger partial charge in [-0.3, -0.25) is 10.1 Å². The van der Waals surface area contributed by atoms with E-state index in [4.69, 9.17) is 14.2 Å². The van der Waals surface area contributed by atoms with Gasteiger partial charge in [0, 0.05) is 31.5 Å². The third kappa shape index (κ3) is 6.28. The highest BCUT2D eigenvalue weighted by Gasteiger charge is 2.47. The number of nitrogens with zero attached hydrogens (tertiary/aromatic N) is 1. The normalized spacial score (nSPS) is 28.6. The summed E-state index contributed by atoms with van der Waals surface area (Å²) >= 11 is 0. The summed E-state index contributed by atoms with van der Waals surface area (Å²) in [6, 6.07) is 4.00. The van der Waals surface area contributed by atoms with E-state index in [0.717, 1.165) is 23.8 Å². The number of carbonyl (C=O) groups is 4. The molecule has 1 aromatic carbocycles. The minimum atomic E-state index is -1.07. The molecule has 2 bridgehead atoms. The van der Waals surface area contributed by atoms with Gasteiger partial charge in [-0.25, -0.2) is 9.59 Å². The Morgan fingerprint density at radius 1 is 1.13 bits per heavy atom. The molecular formula is C28H39N3O7. The largest absolute Gasteiger partial charge is 0.488 e. The van der Waals surface area contributed by atoms with Gasteiger partial charge in [-0.15, -0.1) is 0 Å². The average molecular weight is 530 g/mol. The van der Waals surface area contributed by atoms with Crippen LogP contribution < -0.4 is 15.4 Å². The lowest BCUT2D eigenvalue weighted by Crippen LogP contribution is -2.56. The summed E-state index contributed by atoms with van der Waals surface area (Å²) in [5.41, 5.74) is 1.03. The number of carbonyl (C=O) groups excluding carboxylic acids is 4. The second kappa shape index (κ2) is 11.7. The number of amides is 2. The van der Waals surface area contributed by atoms with Gasteiger partial charge >= 0.3 is 12.1 Å².